The maximum absolute atomic E-state index is 14.4. The number of furan rings is 1. The fourth-order valence-electron chi connectivity index (χ4n) is 7.23. The Balaban J connectivity index is 1.41. The summed E-state index contributed by atoms with van der Waals surface area (Å²) >= 11 is 13.6. The minimum absolute atomic E-state index is 0.104. The number of hydrogen-bond donors (Lipinski definition) is 1. The molecular weight excluding hydrogens is 639 g/mol. The minimum atomic E-state index is -1.15. The molecule has 4 heterocycles. The summed E-state index contributed by atoms with van der Waals surface area (Å²) in [5, 5.41) is 16.4. The van der Waals surface area contributed by atoms with Crippen molar-refractivity contribution in [3.05, 3.63) is 85.9 Å². The van der Waals surface area contributed by atoms with E-state index in [4.69, 9.17) is 32.4 Å². The van der Waals surface area contributed by atoms with Crippen molar-refractivity contribution in [1.82, 2.24) is 19.2 Å². The van der Waals surface area contributed by atoms with Crippen LogP contribution in [0, 0.1) is 19.3 Å². The van der Waals surface area contributed by atoms with Crippen molar-refractivity contribution in [1.29, 1.82) is 0 Å². The van der Waals surface area contributed by atoms with Gasteiger partial charge in [-0.1, -0.05) is 43.1 Å². The van der Waals surface area contributed by atoms with Gasteiger partial charge in [-0.3, -0.25) is 9.48 Å². The summed E-state index contributed by atoms with van der Waals surface area (Å²) in [4.78, 5) is 27.6. The quantitative estimate of drug-likeness (QED) is 0.178. The number of carboxylic acids is 1. The summed E-state index contributed by atoms with van der Waals surface area (Å²) in [6.45, 7) is 13.4. The lowest BCUT2D eigenvalue weighted by molar-refractivity contribution is 0.0635. The summed E-state index contributed by atoms with van der Waals surface area (Å²) in [6.07, 6.45) is 4.03. The number of benzene rings is 1. The van der Waals surface area contributed by atoms with Crippen molar-refractivity contribution in [2.45, 2.75) is 73.4 Å². The van der Waals surface area contributed by atoms with E-state index < -0.39 is 5.97 Å². The molecule has 1 unspecified atom stereocenters. The number of hydrogen-bond acceptors (Lipinski definition) is 5. The molecule has 3 aromatic heterocycles. The molecule has 1 atom stereocenters. The molecule has 11 heteroatoms. The largest absolute Gasteiger partial charge is 0.498 e. The summed E-state index contributed by atoms with van der Waals surface area (Å²) in [6, 6.07) is 6.85. The van der Waals surface area contributed by atoms with E-state index in [1.54, 1.807) is 11.0 Å². The molecule has 47 heavy (non-hydrogen) atoms. The van der Waals surface area contributed by atoms with Gasteiger partial charge in [-0.05, 0) is 75.9 Å². The minimum Gasteiger partial charge on any atom is -0.498 e. The van der Waals surface area contributed by atoms with Gasteiger partial charge in [0.25, 0.3) is 5.91 Å². The Kier molecular flexibility index (Phi) is 8.59. The summed E-state index contributed by atoms with van der Waals surface area (Å²) < 4.78 is 15.8. The SMILES string of the molecule is CC1=C(Cl)C(C)(C)CC(OCCCc2c3n(c4c(-c5c(C)nn(C)c5C)c(Cl)ccc24)C(C)CN(Cc2ccc(C(=O)O)o2)C3=O)=C1. The van der Waals surface area contributed by atoms with E-state index in [0.717, 1.165) is 61.8 Å². The summed E-state index contributed by atoms with van der Waals surface area (Å²) in [5.41, 5.74) is 6.97. The highest BCUT2D eigenvalue weighted by Crippen LogP contribution is 2.45. The van der Waals surface area contributed by atoms with Crippen molar-refractivity contribution >= 4 is 46.0 Å². The maximum atomic E-state index is 14.4. The summed E-state index contributed by atoms with van der Waals surface area (Å²) in [7, 11) is 1.92. The second kappa shape index (κ2) is 12.3. The Bertz CT molecular complexity index is 1990. The van der Waals surface area contributed by atoms with Crippen molar-refractivity contribution in [3.8, 4) is 11.1 Å². The third-order valence-corrected chi connectivity index (χ3v) is 10.5. The third-order valence-electron chi connectivity index (χ3n) is 9.41. The Morgan fingerprint density at radius 2 is 1.89 bits per heavy atom. The lowest BCUT2D eigenvalue weighted by atomic mass is 9.82. The van der Waals surface area contributed by atoms with Crippen LogP contribution in [0.1, 0.15) is 90.3 Å². The zero-order valence-electron chi connectivity index (χ0n) is 27.8. The van der Waals surface area contributed by atoms with E-state index in [9.17, 15) is 14.7 Å². The van der Waals surface area contributed by atoms with Crippen molar-refractivity contribution in [2.75, 3.05) is 13.2 Å². The highest BCUT2D eigenvalue weighted by atomic mass is 35.5. The van der Waals surface area contributed by atoms with E-state index in [1.165, 1.54) is 6.07 Å². The van der Waals surface area contributed by atoms with E-state index in [-0.39, 0.29) is 29.7 Å². The smallest absolute Gasteiger partial charge is 0.371 e. The molecule has 0 saturated heterocycles. The van der Waals surface area contributed by atoms with Crippen LogP contribution >= 0.6 is 23.2 Å². The van der Waals surface area contributed by atoms with Gasteiger partial charge in [0.1, 0.15) is 11.5 Å². The van der Waals surface area contributed by atoms with Crippen LogP contribution in [0.15, 0.2) is 51.1 Å². The van der Waals surface area contributed by atoms with Crippen LogP contribution in [0.5, 0.6) is 0 Å². The Morgan fingerprint density at radius 3 is 2.53 bits per heavy atom. The molecule has 0 fully saturated rings. The number of allylic oxidation sites excluding steroid dienone is 4. The molecule has 1 aromatic carbocycles. The molecule has 0 spiro atoms. The molecule has 1 aliphatic heterocycles. The molecule has 0 radical (unpaired) electrons. The van der Waals surface area contributed by atoms with Crippen LogP contribution in [-0.2, 0) is 24.8 Å². The van der Waals surface area contributed by atoms with Gasteiger partial charge < -0.3 is 23.7 Å². The third kappa shape index (κ3) is 5.78. The number of aromatic nitrogens is 3. The highest BCUT2D eigenvalue weighted by molar-refractivity contribution is 6.35. The highest BCUT2D eigenvalue weighted by Gasteiger charge is 2.37. The van der Waals surface area contributed by atoms with Crippen molar-refractivity contribution in [2.24, 2.45) is 12.5 Å². The molecule has 0 bridgehead atoms. The molecule has 248 valence electrons. The zero-order valence-corrected chi connectivity index (χ0v) is 29.3. The topological polar surface area (TPSA) is 103 Å². The molecule has 2 aliphatic rings. The fourth-order valence-corrected chi connectivity index (χ4v) is 7.60. The van der Waals surface area contributed by atoms with Gasteiger partial charge in [0.15, 0.2) is 0 Å². The van der Waals surface area contributed by atoms with E-state index in [2.05, 4.69) is 30.4 Å². The van der Waals surface area contributed by atoms with Crippen molar-refractivity contribution in [3.63, 3.8) is 0 Å². The first-order valence-corrected chi connectivity index (χ1v) is 16.6. The first-order chi connectivity index (χ1) is 22.2. The van der Waals surface area contributed by atoms with Gasteiger partial charge in [-0.15, -0.1) is 0 Å². The predicted octanol–water partition coefficient (Wildman–Crippen LogP) is 8.60. The number of carbonyl (C=O) groups is 2. The van der Waals surface area contributed by atoms with E-state index in [1.807, 2.05) is 50.7 Å². The second-order valence-electron chi connectivity index (χ2n) is 13.4. The van der Waals surface area contributed by atoms with Crippen LogP contribution < -0.4 is 0 Å². The number of amides is 1. The first kappa shape index (κ1) is 33.0. The van der Waals surface area contributed by atoms with Crippen LogP contribution in [0.3, 0.4) is 0 Å². The number of fused-ring (bicyclic) bond motifs is 3. The molecule has 9 nitrogen and oxygen atoms in total. The maximum Gasteiger partial charge on any atom is 0.371 e. The fraction of sp³-hybridized carbons (Fsp3) is 0.417. The number of ether oxygens (including phenoxy) is 1. The Hall–Kier alpha value is -3.95. The number of aromatic carboxylic acids is 1. The van der Waals surface area contributed by atoms with Gasteiger partial charge in [0.05, 0.1) is 35.1 Å². The van der Waals surface area contributed by atoms with Crippen LogP contribution in [-0.4, -0.2) is 49.4 Å². The first-order valence-electron chi connectivity index (χ1n) is 15.9. The zero-order chi connectivity index (χ0) is 33.9. The summed E-state index contributed by atoms with van der Waals surface area (Å²) in [5.74, 6) is -0.115. The number of rotatable bonds is 9. The van der Waals surface area contributed by atoms with Gasteiger partial charge in [0.2, 0.25) is 5.76 Å². The number of nitrogens with zero attached hydrogens (tertiary/aromatic N) is 4. The predicted molar refractivity (Wildman–Crippen MR) is 183 cm³/mol. The molecule has 1 amide bonds. The molecule has 4 aromatic rings. The van der Waals surface area contributed by atoms with Gasteiger partial charge in [-0.25, -0.2) is 4.79 Å². The lowest BCUT2D eigenvalue weighted by Crippen LogP contribution is -2.42. The van der Waals surface area contributed by atoms with Crippen molar-refractivity contribution < 1.29 is 23.8 Å². The van der Waals surface area contributed by atoms with Gasteiger partial charge >= 0.3 is 5.97 Å². The molecule has 6 rings (SSSR count). The number of carboxylic acid groups (broad SMARTS) is 1. The average Bonchev–Trinajstić information content (AvgIpc) is 3.67. The molecule has 0 saturated carbocycles. The van der Waals surface area contributed by atoms with Crippen LogP contribution in [0.4, 0.5) is 0 Å². The molecular formula is C36H40Cl2N4O5. The Morgan fingerprint density at radius 1 is 1.15 bits per heavy atom. The van der Waals surface area contributed by atoms with Gasteiger partial charge in [-0.2, -0.15) is 5.10 Å². The average molecular weight is 680 g/mol. The molecule has 1 N–H and O–H groups in total. The second-order valence-corrected chi connectivity index (χ2v) is 14.2. The number of halogens is 2. The number of carbonyl (C=O) groups excluding carboxylic acids is 1. The number of aryl methyl sites for hydroxylation is 3. The van der Waals surface area contributed by atoms with E-state index >= 15 is 0 Å². The lowest BCUT2D eigenvalue weighted by Gasteiger charge is -2.34. The van der Waals surface area contributed by atoms with Crippen LogP contribution in [0.25, 0.3) is 22.0 Å². The van der Waals surface area contributed by atoms with Crippen LogP contribution in [0.2, 0.25) is 5.02 Å². The monoisotopic (exact) mass is 678 g/mol. The standard InChI is InChI=1S/C36H40Cl2N4O5/c1-19-15-24(16-36(5,6)33(19)38)46-14-8-9-25-26-11-12-27(37)30(29-21(3)39-40(7)22(29)4)31(26)42-20(2)17-41(34(43)32(25)42)18-23-10-13-28(47-23)35(44)45/h10-13,15,20H,8-9,14,16-18H2,1-7H3,(H,44,45). The van der Waals surface area contributed by atoms with E-state index in [0.29, 0.717) is 42.5 Å². The normalized spacial score (nSPS) is 17.8. The van der Waals surface area contributed by atoms with Gasteiger partial charge in [0, 0.05) is 58.7 Å². The Labute approximate surface area is 284 Å². The molecule has 1 aliphatic carbocycles.